The lowest BCUT2D eigenvalue weighted by Crippen LogP contribution is -2.47. The molecule has 0 spiro atoms. The van der Waals surface area contributed by atoms with Crippen molar-refractivity contribution in [3.8, 4) is 11.3 Å². The number of aliphatic hydroxyl groups is 1. The molecule has 7 nitrogen and oxygen atoms in total. The number of aromatic nitrogens is 3. The number of hydrogen-bond acceptors (Lipinski definition) is 7. The Labute approximate surface area is 154 Å². The Morgan fingerprint density at radius 1 is 1.12 bits per heavy atom. The van der Waals surface area contributed by atoms with E-state index in [-0.39, 0.29) is 19.0 Å². The van der Waals surface area contributed by atoms with E-state index < -0.39 is 0 Å². The molecule has 1 aliphatic heterocycles. The molecule has 136 valence electrons. The molecule has 0 saturated carbocycles. The first-order valence-electron chi connectivity index (χ1n) is 8.22. The number of hydrogen-bond donors (Lipinski definition) is 1. The highest BCUT2D eigenvalue weighted by Crippen LogP contribution is 2.28. The van der Waals surface area contributed by atoms with Gasteiger partial charge < -0.3 is 14.9 Å². The second-order valence-corrected chi connectivity index (χ2v) is 6.09. The molecule has 2 aromatic rings. The monoisotopic (exact) mass is 364 g/mol. The average Bonchev–Trinajstić information content (AvgIpc) is 2.63. The van der Waals surface area contributed by atoms with Crippen molar-refractivity contribution in [2.45, 2.75) is 0 Å². The zero-order valence-electron chi connectivity index (χ0n) is 14.7. The summed E-state index contributed by atoms with van der Waals surface area (Å²) in [6.45, 7) is 4.56. The first-order valence-corrected chi connectivity index (χ1v) is 8.22. The molecule has 0 aliphatic carbocycles. The van der Waals surface area contributed by atoms with Crippen molar-refractivity contribution in [2.75, 3.05) is 63.2 Å². The zero-order chi connectivity index (χ0) is 16.9. The number of aliphatic hydroxyl groups excluding tert-OH is 1. The third-order valence-corrected chi connectivity index (χ3v) is 4.22. The Hall–Kier alpha value is -1.96. The molecule has 0 atom stereocenters. The Bertz CT molecular complexity index is 661. The highest BCUT2D eigenvalue weighted by molar-refractivity contribution is 5.85. The van der Waals surface area contributed by atoms with Gasteiger partial charge in [-0.05, 0) is 12.1 Å². The number of anilines is 2. The third kappa shape index (κ3) is 4.56. The quantitative estimate of drug-likeness (QED) is 0.853. The van der Waals surface area contributed by atoms with E-state index in [1.54, 1.807) is 12.4 Å². The fraction of sp³-hybridized carbons (Fsp3) is 0.471. The van der Waals surface area contributed by atoms with Gasteiger partial charge in [0.25, 0.3) is 0 Å². The Kier molecular flexibility index (Phi) is 6.92. The van der Waals surface area contributed by atoms with Crippen LogP contribution in [0.15, 0.2) is 30.7 Å². The van der Waals surface area contributed by atoms with Crippen LogP contribution in [0.2, 0.25) is 0 Å². The summed E-state index contributed by atoms with van der Waals surface area (Å²) in [5, 5.41) is 9.09. The van der Waals surface area contributed by atoms with Crippen LogP contribution >= 0.6 is 12.4 Å². The van der Waals surface area contributed by atoms with Crippen LogP contribution in [0.5, 0.6) is 0 Å². The highest BCUT2D eigenvalue weighted by Gasteiger charge is 2.22. The minimum absolute atomic E-state index is 0. The van der Waals surface area contributed by atoms with Crippen LogP contribution in [-0.4, -0.2) is 78.4 Å². The van der Waals surface area contributed by atoms with Gasteiger partial charge in [-0.3, -0.25) is 9.88 Å². The lowest BCUT2D eigenvalue weighted by Gasteiger charge is -2.36. The smallest absolute Gasteiger partial charge is 0.172 e. The fourth-order valence-corrected chi connectivity index (χ4v) is 2.89. The van der Waals surface area contributed by atoms with Gasteiger partial charge in [-0.2, -0.15) is 0 Å². The summed E-state index contributed by atoms with van der Waals surface area (Å²) in [5.74, 6) is 1.79. The van der Waals surface area contributed by atoms with E-state index in [1.165, 1.54) is 0 Å². The second kappa shape index (κ2) is 8.94. The Morgan fingerprint density at radius 2 is 1.80 bits per heavy atom. The van der Waals surface area contributed by atoms with E-state index in [2.05, 4.69) is 19.8 Å². The number of halogens is 1. The Morgan fingerprint density at radius 3 is 2.40 bits per heavy atom. The normalized spacial score (nSPS) is 14.9. The number of pyridine rings is 1. The van der Waals surface area contributed by atoms with E-state index >= 15 is 0 Å². The highest BCUT2D eigenvalue weighted by atomic mass is 35.5. The summed E-state index contributed by atoms with van der Waals surface area (Å²) >= 11 is 0. The topological polar surface area (TPSA) is 68.6 Å². The molecule has 2 aromatic heterocycles. The summed E-state index contributed by atoms with van der Waals surface area (Å²) in [5.41, 5.74) is 1.87. The van der Waals surface area contributed by atoms with Crippen LogP contribution in [0.25, 0.3) is 11.3 Å². The van der Waals surface area contributed by atoms with Crippen LogP contribution in [0.3, 0.4) is 0 Å². The number of rotatable bonds is 5. The molecule has 0 unspecified atom stereocenters. The first-order chi connectivity index (χ1) is 11.7. The number of β-amino-alcohol motifs (C(OH)–C–C–N with tert-alkyl or cyclic N) is 1. The van der Waals surface area contributed by atoms with E-state index in [9.17, 15) is 0 Å². The van der Waals surface area contributed by atoms with Crippen molar-refractivity contribution < 1.29 is 5.11 Å². The van der Waals surface area contributed by atoms with Crippen LogP contribution in [0.1, 0.15) is 0 Å². The summed E-state index contributed by atoms with van der Waals surface area (Å²) in [4.78, 5) is 20.1. The molecule has 3 rings (SSSR count). The number of piperazine rings is 1. The lowest BCUT2D eigenvalue weighted by atomic mass is 10.2. The van der Waals surface area contributed by atoms with Crippen molar-refractivity contribution in [2.24, 2.45) is 0 Å². The average molecular weight is 365 g/mol. The maximum Gasteiger partial charge on any atom is 0.172 e. The predicted octanol–water partition coefficient (Wildman–Crippen LogP) is 1.14. The lowest BCUT2D eigenvalue weighted by molar-refractivity contribution is 0.188. The van der Waals surface area contributed by atoms with Crippen molar-refractivity contribution in [1.29, 1.82) is 0 Å². The third-order valence-electron chi connectivity index (χ3n) is 4.22. The molecule has 0 radical (unpaired) electrons. The summed E-state index contributed by atoms with van der Waals surface area (Å²) in [7, 11) is 3.98. The molecule has 1 aliphatic rings. The maximum absolute atomic E-state index is 9.09. The maximum atomic E-state index is 9.09. The Balaban J connectivity index is 0.00000225. The number of nitrogens with zero attached hydrogens (tertiary/aromatic N) is 6. The van der Waals surface area contributed by atoms with Gasteiger partial charge in [-0.1, -0.05) is 0 Å². The molecular weight excluding hydrogens is 340 g/mol. The first kappa shape index (κ1) is 19.4. The molecule has 3 heterocycles. The summed E-state index contributed by atoms with van der Waals surface area (Å²) in [6.07, 6.45) is 5.35. The molecule has 1 saturated heterocycles. The van der Waals surface area contributed by atoms with Crippen LogP contribution in [0, 0.1) is 0 Å². The molecule has 1 N–H and O–H groups in total. The largest absolute Gasteiger partial charge is 0.395 e. The minimum Gasteiger partial charge on any atom is -0.395 e. The van der Waals surface area contributed by atoms with Gasteiger partial charge in [0.1, 0.15) is 0 Å². The summed E-state index contributed by atoms with van der Waals surface area (Å²) in [6, 6.07) is 3.89. The minimum atomic E-state index is 0. The van der Waals surface area contributed by atoms with Gasteiger partial charge in [0.15, 0.2) is 11.6 Å². The molecule has 1 fully saturated rings. The molecule has 8 heteroatoms. The molecule has 0 amide bonds. The molecule has 25 heavy (non-hydrogen) atoms. The standard InChI is InChI=1S/C17H24N6O.ClH/c1-21(2)16-17(23-9-7-22(8-10-23)11-12-24)20-15(13-19-16)14-3-5-18-6-4-14;/h3-6,13,24H,7-12H2,1-2H3;1H. The molecule has 0 bridgehead atoms. The second-order valence-electron chi connectivity index (χ2n) is 6.09. The van der Waals surface area contributed by atoms with E-state index in [0.29, 0.717) is 0 Å². The van der Waals surface area contributed by atoms with Crippen molar-refractivity contribution in [1.82, 2.24) is 19.9 Å². The zero-order valence-corrected chi connectivity index (χ0v) is 15.5. The van der Waals surface area contributed by atoms with Gasteiger partial charge in [0.2, 0.25) is 0 Å². The van der Waals surface area contributed by atoms with E-state index in [4.69, 9.17) is 10.1 Å². The molecule has 0 aromatic carbocycles. The van der Waals surface area contributed by atoms with Gasteiger partial charge in [-0.25, -0.2) is 9.97 Å². The van der Waals surface area contributed by atoms with Crippen molar-refractivity contribution >= 4 is 24.0 Å². The van der Waals surface area contributed by atoms with Crippen LogP contribution < -0.4 is 9.80 Å². The molecular formula is C17H25ClN6O. The van der Waals surface area contributed by atoms with Gasteiger partial charge in [-0.15, -0.1) is 12.4 Å². The van der Waals surface area contributed by atoms with E-state index in [0.717, 1.165) is 55.6 Å². The van der Waals surface area contributed by atoms with Crippen LogP contribution in [0.4, 0.5) is 11.6 Å². The van der Waals surface area contributed by atoms with Gasteiger partial charge in [0, 0.05) is 64.8 Å². The van der Waals surface area contributed by atoms with Gasteiger partial charge >= 0.3 is 0 Å². The fourth-order valence-electron chi connectivity index (χ4n) is 2.89. The van der Waals surface area contributed by atoms with E-state index in [1.807, 2.05) is 37.3 Å². The SMILES string of the molecule is CN(C)c1ncc(-c2ccncc2)nc1N1CCN(CCO)CC1.Cl. The van der Waals surface area contributed by atoms with Crippen molar-refractivity contribution in [3.63, 3.8) is 0 Å². The van der Waals surface area contributed by atoms with Crippen LogP contribution in [-0.2, 0) is 0 Å². The summed E-state index contributed by atoms with van der Waals surface area (Å²) < 4.78 is 0. The van der Waals surface area contributed by atoms with Gasteiger partial charge in [0.05, 0.1) is 18.5 Å². The predicted molar refractivity (Wildman–Crippen MR) is 103 cm³/mol. The van der Waals surface area contributed by atoms with Crippen molar-refractivity contribution in [3.05, 3.63) is 30.7 Å².